The zero-order valence-corrected chi connectivity index (χ0v) is 53.1. The van der Waals surface area contributed by atoms with Crippen LogP contribution in [0, 0.1) is 35.5 Å². The molecule has 3 fully saturated rings. The number of Topliss-reactive ketones (excluding diaryl/α,β-unsaturated/α-hetero) is 3. The van der Waals surface area contributed by atoms with Crippen molar-refractivity contribution in [2.75, 3.05) is 45.9 Å². The molecule has 0 spiro atoms. The van der Waals surface area contributed by atoms with Gasteiger partial charge < -0.3 is 65.0 Å². The van der Waals surface area contributed by atoms with E-state index >= 15 is 0 Å². The maximum atomic E-state index is 14.7. The highest BCUT2D eigenvalue weighted by Gasteiger charge is 2.45. The minimum Gasteiger partial charge on any atom is -0.480 e. The Morgan fingerprint density at radius 3 is 2.25 bits per heavy atom. The number of methoxy groups -OCH3 is 3. The van der Waals surface area contributed by atoms with Gasteiger partial charge in [0.05, 0.1) is 24.1 Å². The average Bonchev–Trinajstić information content (AvgIpc) is 1.47. The first-order chi connectivity index (χ1) is 41.2. The van der Waals surface area contributed by atoms with Crippen LogP contribution < -0.4 is 16.4 Å². The van der Waals surface area contributed by atoms with E-state index in [0.717, 1.165) is 17.3 Å². The molecule has 3 heterocycles. The van der Waals surface area contributed by atoms with Gasteiger partial charge in [0, 0.05) is 64.7 Å². The molecule has 488 valence electrons. The number of hydrogen-bond donors (Lipinski definition) is 6. The Morgan fingerprint density at radius 2 is 1.59 bits per heavy atom. The topological polar surface area (TPSA) is 340 Å². The van der Waals surface area contributed by atoms with Gasteiger partial charge in [-0.3, -0.25) is 43.2 Å². The number of carboxylic acids is 2. The van der Waals surface area contributed by atoms with Gasteiger partial charge in [0.1, 0.15) is 61.0 Å². The van der Waals surface area contributed by atoms with E-state index in [4.69, 9.17) is 44.4 Å². The third kappa shape index (κ3) is 23.4. The largest absolute Gasteiger partial charge is 0.480 e. The van der Waals surface area contributed by atoms with Gasteiger partial charge in [0.25, 0.3) is 5.91 Å². The number of ketones is 3. The van der Waals surface area contributed by atoms with Crippen molar-refractivity contribution < 1.29 is 91.7 Å². The number of amides is 3. The van der Waals surface area contributed by atoms with Gasteiger partial charge in [0.2, 0.25) is 17.6 Å². The first-order valence-corrected chi connectivity index (χ1v) is 31.6. The Kier molecular flexibility index (Phi) is 31.2. The number of aliphatic hydroxyl groups is 1. The van der Waals surface area contributed by atoms with Crippen molar-refractivity contribution in [3.63, 3.8) is 0 Å². The number of carbonyl (C=O) groups excluding carboxylic acids is 8. The molecule has 3 aliphatic heterocycles. The van der Waals surface area contributed by atoms with Crippen LogP contribution in [0.2, 0.25) is 0 Å². The lowest BCUT2D eigenvalue weighted by Gasteiger charge is -2.39. The van der Waals surface area contributed by atoms with E-state index in [-0.39, 0.29) is 79.2 Å². The summed E-state index contributed by atoms with van der Waals surface area (Å²) < 4.78 is 36.0. The molecule has 0 aromatic rings. The van der Waals surface area contributed by atoms with E-state index in [1.807, 2.05) is 58.1 Å². The number of rotatable bonds is 19. The molecule has 4 aliphatic rings. The molecule has 0 aromatic heterocycles. The standard InChI is InChI=1S/C63H96N4O19S/c1-35-16-12-11-13-17-36(2)49(81-8)30-43-21-19-37(3)58(84-43)57(75)61(77)67-25-15-14-18-46(67)63(80)86-50(31-47(68)38(4)27-41(7)56(74)59(83-10)55(73)40(6)26-35)39(5)28-42-20-23-48(51(29-42)82-9)85-54(72)34-87-33-45(60(76)65-32-53(70)71)66-52(69)24-22-44(64)62(78)79/h11-13,16-17,27,35,37-40,42-46,48-51,56,58-59,74H,14-15,18-26,28-34,64H2,1-10H3,(H,65,76)(H,66,69)(H,70,71)(H,78,79)/b13-11+,16-12-,36-17+,41-27+/t35-,37+,38+,39+,40+,42-,43-,44-,45-,46-,48+,49-,50?,51+,56+,58+,59-/m0/s1. The number of thioether (sulfide) groups is 1. The monoisotopic (exact) mass is 1240 g/mol. The van der Waals surface area contributed by atoms with Gasteiger partial charge in [-0.2, -0.15) is 0 Å². The minimum atomic E-state index is -1.38. The summed E-state index contributed by atoms with van der Waals surface area (Å²) in [5, 5.41) is 34.4. The van der Waals surface area contributed by atoms with Crippen LogP contribution in [-0.4, -0.2) is 192 Å². The molecular weight excluding hydrogens is 1150 g/mol. The Labute approximate surface area is 516 Å². The number of nitrogens with zero attached hydrogens (tertiary/aromatic N) is 1. The zero-order valence-electron chi connectivity index (χ0n) is 52.3. The fourth-order valence-electron chi connectivity index (χ4n) is 11.8. The van der Waals surface area contributed by atoms with E-state index in [9.17, 15) is 53.1 Å². The van der Waals surface area contributed by atoms with Gasteiger partial charge >= 0.3 is 23.9 Å². The summed E-state index contributed by atoms with van der Waals surface area (Å²) >= 11 is 0.947. The van der Waals surface area contributed by atoms with E-state index in [1.54, 1.807) is 34.0 Å². The fourth-order valence-corrected chi connectivity index (χ4v) is 12.6. The quantitative estimate of drug-likeness (QED) is 0.0561. The SMILES string of the molecule is CO[C@H]1C[C@@H]2CC[C@@H](C)[C@@H](O2)C(=O)C(=O)N2CCCC[C@H]2C(=O)OC([C@H](C)C[C@@H]2CC[C@@H](OC(=O)CSC[C@H](NC(=O)CC[C@H](N)C(=O)O)C(=O)NCC(=O)O)[C@H](OC)C2)CC(=O)[C@H](C)/C=C(\C)[C@@H](O)[C@@H](OC)C(=O)[C@H](C)C[C@@H](C)\C=C/C=C/C=C/1C. The number of carbonyl (C=O) groups is 10. The molecule has 24 heteroatoms. The summed E-state index contributed by atoms with van der Waals surface area (Å²) in [6.07, 6.45) is 8.97. The summed E-state index contributed by atoms with van der Waals surface area (Å²) in [4.78, 5) is 134. The van der Waals surface area contributed by atoms with Crippen LogP contribution in [0.1, 0.15) is 138 Å². The highest BCUT2D eigenvalue weighted by molar-refractivity contribution is 8.00. The number of hydrogen-bond acceptors (Lipinski definition) is 19. The number of cyclic esters (lactones) is 1. The van der Waals surface area contributed by atoms with Crippen molar-refractivity contribution in [2.24, 2.45) is 41.2 Å². The smallest absolute Gasteiger partial charge is 0.329 e. The third-order valence-electron chi connectivity index (χ3n) is 17.1. The fraction of sp³-hybridized carbons (Fsp3) is 0.714. The van der Waals surface area contributed by atoms with E-state index in [2.05, 4.69) is 10.6 Å². The molecule has 0 radical (unpaired) electrons. The molecule has 1 unspecified atom stereocenters. The van der Waals surface area contributed by atoms with Gasteiger partial charge in [-0.15, -0.1) is 11.8 Å². The molecule has 7 N–H and O–H groups in total. The predicted octanol–water partition coefficient (Wildman–Crippen LogP) is 5.02. The van der Waals surface area contributed by atoms with Gasteiger partial charge in [-0.25, -0.2) is 4.79 Å². The number of piperidine rings is 1. The number of esters is 2. The zero-order chi connectivity index (χ0) is 64.7. The van der Waals surface area contributed by atoms with Crippen molar-refractivity contribution in [2.45, 2.75) is 205 Å². The maximum absolute atomic E-state index is 14.7. The molecule has 1 saturated carbocycles. The number of aliphatic carboxylic acids is 2. The van der Waals surface area contributed by atoms with Crippen LogP contribution in [0.25, 0.3) is 0 Å². The summed E-state index contributed by atoms with van der Waals surface area (Å²) in [5.74, 6) is -10.4. The number of aliphatic hydroxyl groups excluding tert-OH is 1. The number of fused-ring (bicyclic) bond motifs is 3. The number of allylic oxidation sites excluding steroid dienone is 6. The summed E-state index contributed by atoms with van der Waals surface area (Å²) in [6.45, 7) is 12.1. The summed E-state index contributed by atoms with van der Waals surface area (Å²) in [7, 11) is 4.44. The summed E-state index contributed by atoms with van der Waals surface area (Å²) in [5.41, 5.74) is 6.76. The van der Waals surface area contributed by atoms with E-state index in [1.165, 1.54) is 19.1 Å². The first kappa shape index (κ1) is 73.8. The second-order valence-corrected chi connectivity index (χ2v) is 25.2. The molecule has 0 aromatic carbocycles. The van der Waals surface area contributed by atoms with Crippen molar-refractivity contribution in [3.8, 4) is 0 Å². The molecule has 3 amide bonds. The second-order valence-electron chi connectivity index (χ2n) is 24.1. The Hall–Kier alpha value is -5.63. The molecular formula is C63H96N4O19S. The molecule has 17 atom stereocenters. The van der Waals surface area contributed by atoms with Crippen molar-refractivity contribution in [3.05, 3.63) is 47.6 Å². The third-order valence-corrected chi connectivity index (χ3v) is 18.1. The Morgan fingerprint density at radius 1 is 0.862 bits per heavy atom. The molecule has 87 heavy (non-hydrogen) atoms. The van der Waals surface area contributed by atoms with Crippen LogP contribution >= 0.6 is 11.8 Å². The number of carboxylic acid groups (broad SMARTS) is 2. The Bertz CT molecular complexity index is 2500. The van der Waals surface area contributed by atoms with Gasteiger partial charge in [-0.05, 0) is 119 Å². The maximum Gasteiger partial charge on any atom is 0.329 e. The van der Waals surface area contributed by atoms with Crippen LogP contribution in [0.4, 0.5) is 0 Å². The second kappa shape index (κ2) is 36.8. The molecule has 2 bridgehead atoms. The number of nitrogens with one attached hydrogen (secondary N) is 2. The van der Waals surface area contributed by atoms with Crippen LogP contribution in [-0.2, 0) is 76.4 Å². The van der Waals surface area contributed by atoms with Crippen molar-refractivity contribution in [1.29, 1.82) is 0 Å². The van der Waals surface area contributed by atoms with Crippen LogP contribution in [0.15, 0.2) is 47.6 Å². The lowest BCUT2D eigenvalue weighted by atomic mass is 9.78. The molecule has 2 saturated heterocycles. The minimum absolute atomic E-state index is 0.0104. The molecule has 1 aliphatic carbocycles. The van der Waals surface area contributed by atoms with Crippen molar-refractivity contribution >= 4 is 70.7 Å². The van der Waals surface area contributed by atoms with Gasteiger partial charge in [-0.1, -0.05) is 71.1 Å². The van der Waals surface area contributed by atoms with E-state index in [0.29, 0.717) is 69.8 Å². The molecule has 23 nitrogen and oxygen atoms in total. The highest BCUT2D eigenvalue weighted by Crippen LogP contribution is 2.36. The molecule has 4 rings (SSSR count). The number of ether oxygens (including phenoxy) is 6. The lowest BCUT2D eigenvalue weighted by Crippen LogP contribution is -2.55. The van der Waals surface area contributed by atoms with Crippen LogP contribution in [0.5, 0.6) is 0 Å². The lowest BCUT2D eigenvalue weighted by molar-refractivity contribution is -0.170. The average molecular weight is 1250 g/mol. The summed E-state index contributed by atoms with van der Waals surface area (Å²) in [6, 6.07) is -3.73. The number of nitrogens with two attached hydrogens (primary N) is 1. The van der Waals surface area contributed by atoms with Crippen LogP contribution in [0.3, 0.4) is 0 Å². The first-order valence-electron chi connectivity index (χ1n) is 30.5. The predicted molar refractivity (Wildman–Crippen MR) is 323 cm³/mol. The highest BCUT2D eigenvalue weighted by atomic mass is 32.2. The van der Waals surface area contributed by atoms with Crippen molar-refractivity contribution in [1.82, 2.24) is 15.5 Å². The van der Waals surface area contributed by atoms with E-state index < -0.39 is 133 Å². The normalized spacial score (nSPS) is 32.7. The van der Waals surface area contributed by atoms with Gasteiger partial charge in [0.15, 0.2) is 5.78 Å². The Balaban J connectivity index is 1.57.